The monoisotopic (exact) mass is 177 g/mol. The molecule has 2 heteroatoms. The lowest BCUT2D eigenvalue weighted by molar-refractivity contribution is 0.331. The molecule has 68 valence electrons. The Morgan fingerprint density at radius 1 is 1.45 bits per heavy atom. The summed E-state index contributed by atoms with van der Waals surface area (Å²) < 4.78 is 0. The molecule has 1 N–H and O–H groups in total. The van der Waals surface area contributed by atoms with Crippen molar-refractivity contribution in [3.8, 4) is 0 Å². The van der Waals surface area contributed by atoms with Gasteiger partial charge in [-0.3, -0.25) is 0 Å². The second-order valence-electron chi connectivity index (χ2n) is 3.78. The van der Waals surface area contributed by atoms with Crippen LogP contribution in [0.4, 0.5) is 0 Å². The van der Waals surface area contributed by atoms with Crippen molar-refractivity contribution in [2.24, 2.45) is 0 Å². The summed E-state index contributed by atoms with van der Waals surface area (Å²) in [6, 6.07) is 0.591. The molecule has 0 spiro atoms. The van der Waals surface area contributed by atoms with Crippen LogP contribution in [0.2, 0.25) is 0 Å². The van der Waals surface area contributed by atoms with Crippen LogP contribution in [-0.4, -0.2) is 17.5 Å². The zero-order valence-corrected chi connectivity index (χ0v) is 8.83. The predicted octanol–water partition coefficient (Wildman–Crippen LogP) is 2.78. The SMILES string of the molecule is CCC(C)NC(C)(C)CCCl. The first-order valence-electron chi connectivity index (χ1n) is 4.35. The van der Waals surface area contributed by atoms with Gasteiger partial charge in [0.15, 0.2) is 0 Å². The standard InChI is InChI=1S/C9H20ClN/c1-5-8(2)11-9(3,4)6-7-10/h8,11H,5-7H2,1-4H3. The Morgan fingerprint density at radius 2 is 2.00 bits per heavy atom. The third-order valence-corrected chi connectivity index (χ3v) is 2.16. The molecule has 0 aromatic heterocycles. The van der Waals surface area contributed by atoms with E-state index in [4.69, 9.17) is 11.6 Å². The third-order valence-electron chi connectivity index (χ3n) is 1.97. The normalized spacial score (nSPS) is 15.0. The van der Waals surface area contributed by atoms with Gasteiger partial charge in [-0.15, -0.1) is 11.6 Å². The molecule has 0 aliphatic carbocycles. The first kappa shape index (κ1) is 11.2. The van der Waals surface area contributed by atoms with Crippen molar-refractivity contribution < 1.29 is 0 Å². The highest BCUT2D eigenvalue weighted by atomic mass is 35.5. The van der Waals surface area contributed by atoms with E-state index < -0.39 is 0 Å². The maximum atomic E-state index is 5.67. The summed E-state index contributed by atoms with van der Waals surface area (Å²) in [6.45, 7) is 8.79. The third kappa shape index (κ3) is 5.51. The van der Waals surface area contributed by atoms with E-state index >= 15 is 0 Å². The molecule has 0 saturated carbocycles. The van der Waals surface area contributed by atoms with E-state index in [0.29, 0.717) is 6.04 Å². The van der Waals surface area contributed by atoms with Crippen molar-refractivity contribution in [3.05, 3.63) is 0 Å². The van der Waals surface area contributed by atoms with Crippen molar-refractivity contribution >= 4 is 11.6 Å². The van der Waals surface area contributed by atoms with Gasteiger partial charge in [0.25, 0.3) is 0 Å². The summed E-state index contributed by atoms with van der Waals surface area (Å²) in [7, 11) is 0. The van der Waals surface area contributed by atoms with Gasteiger partial charge in [-0.1, -0.05) is 6.92 Å². The number of alkyl halides is 1. The van der Waals surface area contributed by atoms with Crippen LogP contribution in [0.25, 0.3) is 0 Å². The van der Waals surface area contributed by atoms with Crippen LogP contribution in [-0.2, 0) is 0 Å². The van der Waals surface area contributed by atoms with E-state index in [0.717, 1.165) is 12.3 Å². The van der Waals surface area contributed by atoms with Crippen molar-refractivity contribution in [2.45, 2.75) is 52.1 Å². The zero-order chi connectivity index (χ0) is 8.91. The van der Waals surface area contributed by atoms with Gasteiger partial charge in [0.1, 0.15) is 0 Å². The average Bonchev–Trinajstić information content (AvgIpc) is 1.86. The molecule has 0 radical (unpaired) electrons. The minimum absolute atomic E-state index is 0.192. The minimum atomic E-state index is 0.192. The molecule has 0 aliphatic heterocycles. The second-order valence-corrected chi connectivity index (χ2v) is 4.15. The number of rotatable bonds is 5. The average molecular weight is 178 g/mol. The van der Waals surface area contributed by atoms with Gasteiger partial charge in [0.2, 0.25) is 0 Å². The van der Waals surface area contributed by atoms with Crippen molar-refractivity contribution in [1.82, 2.24) is 5.32 Å². The van der Waals surface area contributed by atoms with Gasteiger partial charge in [0.05, 0.1) is 0 Å². The number of nitrogens with one attached hydrogen (secondary N) is 1. The van der Waals surface area contributed by atoms with Crippen LogP contribution in [0.1, 0.15) is 40.5 Å². The highest BCUT2D eigenvalue weighted by molar-refractivity contribution is 6.17. The van der Waals surface area contributed by atoms with Crippen LogP contribution in [0.3, 0.4) is 0 Å². The Morgan fingerprint density at radius 3 is 2.36 bits per heavy atom. The largest absolute Gasteiger partial charge is 0.309 e. The fourth-order valence-electron chi connectivity index (χ4n) is 1.08. The lowest BCUT2D eigenvalue weighted by Crippen LogP contribution is -2.44. The second kappa shape index (κ2) is 5.00. The molecule has 0 aliphatic rings. The summed E-state index contributed by atoms with van der Waals surface area (Å²) in [4.78, 5) is 0. The maximum Gasteiger partial charge on any atom is 0.0240 e. The lowest BCUT2D eigenvalue weighted by atomic mass is 10.0. The van der Waals surface area contributed by atoms with E-state index in [1.165, 1.54) is 6.42 Å². The Bertz CT molecular complexity index is 102. The van der Waals surface area contributed by atoms with Crippen molar-refractivity contribution in [2.75, 3.05) is 5.88 Å². The van der Waals surface area contributed by atoms with Crippen LogP contribution in [0.5, 0.6) is 0 Å². The molecule has 0 rings (SSSR count). The molecule has 0 heterocycles. The Balaban J connectivity index is 3.70. The van der Waals surface area contributed by atoms with E-state index in [1.54, 1.807) is 0 Å². The van der Waals surface area contributed by atoms with E-state index in [-0.39, 0.29) is 5.54 Å². The molecule has 11 heavy (non-hydrogen) atoms. The molecular formula is C9H20ClN. The Kier molecular flexibility index (Phi) is 5.11. The number of hydrogen-bond donors (Lipinski definition) is 1. The van der Waals surface area contributed by atoms with E-state index in [1.807, 2.05) is 0 Å². The highest BCUT2D eigenvalue weighted by Gasteiger charge is 2.17. The molecule has 0 aromatic carbocycles. The van der Waals surface area contributed by atoms with Crippen molar-refractivity contribution in [1.29, 1.82) is 0 Å². The van der Waals surface area contributed by atoms with Gasteiger partial charge in [0, 0.05) is 17.5 Å². The summed E-state index contributed by atoms with van der Waals surface area (Å²) >= 11 is 5.67. The van der Waals surface area contributed by atoms with Gasteiger partial charge in [-0.25, -0.2) is 0 Å². The molecule has 1 nitrogen and oxygen atoms in total. The number of hydrogen-bond acceptors (Lipinski definition) is 1. The van der Waals surface area contributed by atoms with Crippen molar-refractivity contribution in [3.63, 3.8) is 0 Å². The van der Waals surface area contributed by atoms with Crippen LogP contribution in [0, 0.1) is 0 Å². The summed E-state index contributed by atoms with van der Waals surface area (Å²) in [5, 5.41) is 3.52. The van der Waals surface area contributed by atoms with Gasteiger partial charge < -0.3 is 5.32 Å². The van der Waals surface area contributed by atoms with Crippen LogP contribution < -0.4 is 5.32 Å². The molecule has 0 saturated heterocycles. The molecular weight excluding hydrogens is 158 g/mol. The molecule has 0 fully saturated rings. The fourth-order valence-corrected chi connectivity index (χ4v) is 1.55. The van der Waals surface area contributed by atoms with Crippen LogP contribution >= 0.6 is 11.6 Å². The predicted molar refractivity (Wildman–Crippen MR) is 52.3 cm³/mol. The minimum Gasteiger partial charge on any atom is -0.309 e. The lowest BCUT2D eigenvalue weighted by Gasteiger charge is -2.29. The van der Waals surface area contributed by atoms with E-state index in [2.05, 4.69) is 33.0 Å². The maximum absolute atomic E-state index is 5.67. The zero-order valence-electron chi connectivity index (χ0n) is 8.08. The fraction of sp³-hybridized carbons (Fsp3) is 1.00. The summed E-state index contributed by atoms with van der Waals surface area (Å²) in [5.41, 5.74) is 0.192. The highest BCUT2D eigenvalue weighted by Crippen LogP contribution is 2.10. The smallest absolute Gasteiger partial charge is 0.0240 e. The first-order valence-corrected chi connectivity index (χ1v) is 4.89. The molecule has 0 amide bonds. The van der Waals surface area contributed by atoms with Crippen LogP contribution in [0.15, 0.2) is 0 Å². The quantitative estimate of drug-likeness (QED) is 0.637. The number of halogens is 1. The van der Waals surface area contributed by atoms with Gasteiger partial charge >= 0.3 is 0 Å². The Hall–Kier alpha value is 0.250. The molecule has 1 unspecified atom stereocenters. The van der Waals surface area contributed by atoms with E-state index in [9.17, 15) is 0 Å². The van der Waals surface area contributed by atoms with Gasteiger partial charge in [-0.05, 0) is 33.6 Å². The topological polar surface area (TPSA) is 12.0 Å². The molecule has 0 bridgehead atoms. The molecule has 0 aromatic rings. The summed E-state index contributed by atoms with van der Waals surface area (Å²) in [6.07, 6.45) is 2.20. The summed E-state index contributed by atoms with van der Waals surface area (Å²) in [5.74, 6) is 0.733. The molecule has 1 atom stereocenters. The first-order chi connectivity index (χ1) is 5.02. The van der Waals surface area contributed by atoms with Gasteiger partial charge in [-0.2, -0.15) is 0 Å². The Labute approximate surface area is 75.5 Å².